The normalized spacial score (nSPS) is 12.7. The summed E-state index contributed by atoms with van der Waals surface area (Å²) < 4.78 is 0. The van der Waals surface area contributed by atoms with Gasteiger partial charge >= 0.3 is 0 Å². The van der Waals surface area contributed by atoms with Gasteiger partial charge < -0.3 is 5.32 Å². The lowest BCUT2D eigenvalue weighted by molar-refractivity contribution is 0.623. The maximum Gasteiger partial charge on any atom is 0.0460 e. The molecule has 0 bridgehead atoms. The third-order valence-electron chi connectivity index (χ3n) is 2.24. The number of hydrogen-bond acceptors (Lipinski definition) is 1. The molecule has 0 aliphatic carbocycles. The number of benzene rings is 1. The van der Waals surface area contributed by atoms with Crippen molar-refractivity contribution in [2.45, 2.75) is 31.7 Å². The van der Waals surface area contributed by atoms with E-state index in [-0.39, 0.29) is 5.38 Å². The van der Waals surface area contributed by atoms with Crippen LogP contribution in [0.15, 0.2) is 24.3 Å². The molecule has 1 rings (SSSR count). The van der Waals surface area contributed by atoms with Gasteiger partial charge in [-0.25, -0.2) is 0 Å². The maximum absolute atomic E-state index is 6.09. The van der Waals surface area contributed by atoms with E-state index in [4.69, 9.17) is 23.2 Å². The molecule has 1 nitrogen and oxygen atoms in total. The predicted molar refractivity (Wildman–Crippen MR) is 67.7 cm³/mol. The van der Waals surface area contributed by atoms with Crippen molar-refractivity contribution in [1.29, 1.82) is 0 Å². The molecule has 0 spiro atoms. The molecule has 1 unspecified atom stereocenters. The van der Waals surface area contributed by atoms with Crippen molar-refractivity contribution in [2.75, 3.05) is 6.54 Å². The molecule has 0 radical (unpaired) electrons. The minimum absolute atomic E-state index is 0.220. The summed E-state index contributed by atoms with van der Waals surface area (Å²) in [6.07, 6.45) is 2.18. The predicted octanol–water partition coefficient (Wildman–Crippen LogP) is 3.84. The molecular formula is C12H17Cl2N. The van der Waals surface area contributed by atoms with Crippen molar-refractivity contribution >= 4 is 23.2 Å². The molecule has 0 aromatic heterocycles. The summed E-state index contributed by atoms with van der Waals surface area (Å²) in [6.45, 7) is 3.76. The Labute approximate surface area is 102 Å². The molecule has 0 amide bonds. The lowest BCUT2D eigenvalue weighted by atomic mass is 10.2. The van der Waals surface area contributed by atoms with Gasteiger partial charge in [-0.1, -0.05) is 43.1 Å². The van der Waals surface area contributed by atoms with E-state index < -0.39 is 0 Å². The highest BCUT2D eigenvalue weighted by Crippen LogP contribution is 2.14. The first kappa shape index (κ1) is 12.8. The highest BCUT2D eigenvalue weighted by atomic mass is 35.5. The van der Waals surface area contributed by atoms with E-state index in [1.54, 1.807) is 0 Å². The first-order valence-corrected chi connectivity index (χ1v) is 6.13. The second-order valence-electron chi connectivity index (χ2n) is 3.61. The zero-order valence-corrected chi connectivity index (χ0v) is 10.5. The van der Waals surface area contributed by atoms with Crippen LogP contribution in [0.4, 0.5) is 0 Å². The molecule has 15 heavy (non-hydrogen) atoms. The molecule has 1 N–H and O–H groups in total. The van der Waals surface area contributed by atoms with Crippen LogP contribution >= 0.6 is 23.2 Å². The molecule has 84 valence electrons. The van der Waals surface area contributed by atoms with E-state index in [0.717, 1.165) is 36.5 Å². The highest BCUT2D eigenvalue weighted by Gasteiger charge is 2.03. The van der Waals surface area contributed by atoms with Crippen LogP contribution in [0.1, 0.15) is 25.3 Å². The van der Waals surface area contributed by atoms with Crippen LogP contribution in [0.3, 0.4) is 0 Å². The fourth-order valence-corrected chi connectivity index (χ4v) is 1.95. The lowest BCUT2D eigenvalue weighted by Crippen LogP contribution is -2.22. The van der Waals surface area contributed by atoms with Crippen LogP contribution < -0.4 is 5.32 Å². The topological polar surface area (TPSA) is 12.0 Å². The van der Waals surface area contributed by atoms with Gasteiger partial charge in [0, 0.05) is 23.5 Å². The van der Waals surface area contributed by atoms with Crippen molar-refractivity contribution in [3.05, 3.63) is 34.9 Å². The summed E-state index contributed by atoms with van der Waals surface area (Å²) in [4.78, 5) is 0. The van der Waals surface area contributed by atoms with E-state index in [0.29, 0.717) is 0 Å². The zero-order chi connectivity index (χ0) is 11.1. The molecule has 0 saturated heterocycles. The van der Waals surface area contributed by atoms with Gasteiger partial charge in [-0.15, -0.1) is 11.6 Å². The summed E-state index contributed by atoms with van der Waals surface area (Å²) >= 11 is 12.1. The molecular weight excluding hydrogens is 229 g/mol. The summed E-state index contributed by atoms with van der Waals surface area (Å²) in [5, 5.41) is 4.34. The van der Waals surface area contributed by atoms with Crippen LogP contribution in [-0.2, 0) is 6.54 Å². The van der Waals surface area contributed by atoms with Gasteiger partial charge in [0.2, 0.25) is 0 Å². The van der Waals surface area contributed by atoms with E-state index in [1.807, 2.05) is 24.3 Å². The standard InChI is InChI=1S/C12H17Cl2N/c1-2-5-11(13)9-15-8-10-6-3-4-7-12(10)14/h3-4,6-7,11,15H,2,5,8-9H2,1H3. The fraction of sp³-hybridized carbons (Fsp3) is 0.500. The largest absolute Gasteiger partial charge is 0.311 e. The van der Waals surface area contributed by atoms with Crippen molar-refractivity contribution in [2.24, 2.45) is 0 Å². The molecule has 1 aromatic carbocycles. The van der Waals surface area contributed by atoms with E-state index >= 15 is 0 Å². The van der Waals surface area contributed by atoms with Crippen LogP contribution in [0.25, 0.3) is 0 Å². The Balaban J connectivity index is 2.29. The van der Waals surface area contributed by atoms with Gasteiger partial charge in [0.05, 0.1) is 0 Å². The fourth-order valence-electron chi connectivity index (χ4n) is 1.42. The molecule has 3 heteroatoms. The van der Waals surface area contributed by atoms with Gasteiger partial charge in [-0.2, -0.15) is 0 Å². The summed E-state index contributed by atoms with van der Waals surface area (Å²) in [5.41, 5.74) is 1.12. The Morgan fingerprint density at radius 3 is 2.73 bits per heavy atom. The van der Waals surface area contributed by atoms with Gasteiger partial charge in [-0.3, -0.25) is 0 Å². The first-order valence-electron chi connectivity index (χ1n) is 5.32. The number of alkyl halides is 1. The average Bonchev–Trinajstić information content (AvgIpc) is 2.21. The Morgan fingerprint density at radius 2 is 2.07 bits per heavy atom. The van der Waals surface area contributed by atoms with Crippen LogP contribution in [-0.4, -0.2) is 11.9 Å². The molecule has 1 atom stereocenters. The maximum atomic E-state index is 6.09. The summed E-state index contributed by atoms with van der Waals surface area (Å²) in [6, 6.07) is 7.86. The molecule has 1 aromatic rings. The van der Waals surface area contributed by atoms with Gasteiger partial charge in [0.1, 0.15) is 0 Å². The van der Waals surface area contributed by atoms with Crippen LogP contribution in [0.2, 0.25) is 5.02 Å². The quantitative estimate of drug-likeness (QED) is 0.752. The SMILES string of the molecule is CCCC(Cl)CNCc1ccccc1Cl. The van der Waals surface area contributed by atoms with Crippen molar-refractivity contribution < 1.29 is 0 Å². The Morgan fingerprint density at radius 1 is 1.33 bits per heavy atom. The average molecular weight is 246 g/mol. The van der Waals surface area contributed by atoms with E-state index in [1.165, 1.54) is 0 Å². The minimum atomic E-state index is 0.220. The van der Waals surface area contributed by atoms with Gasteiger partial charge in [-0.05, 0) is 18.1 Å². The van der Waals surface area contributed by atoms with E-state index in [9.17, 15) is 0 Å². The summed E-state index contributed by atoms with van der Waals surface area (Å²) in [5.74, 6) is 0. The third kappa shape index (κ3) is 4.87. The molecule has 0 saturated carbocycles. The Bertz CT molecular complexity index is 289. The summed E-state index contributed by atoms with van der Waals surface area (Å²) in [7, 11) is 0. The van der Waals surface area contributed by atoms with Crippen LogP contribution in [0.5, 0.6) is 0 Å². The second kappa shape index (κ2) is 7.10. The van der Waals surface area contributed by atoms with Crippen LogP contribution in [0, 0.1) is 0 Å². The highest BCUT2D eigenvalue weighted by molar-refractivity contribution is 6.31. The smallest absolute Gasteiger partial charge is 0.0460 e. The third-order valence-corrected chi connectivity index (χ3v) is 2.98. The van der Waals surface area contributed by atoms with Crippen molar-refractivity contribution in [1.82, 2.24) is 5.32 Å². The second-order valence-corrected chi connectivity index (χ2v) is 4.63. The Kier molecular flexibility index (Phi) is 6.07. The van der Waals surface area contributed by atoms with Gasteiger partial charge in [0.15, 0.2) is 0 Å². The zero-order valence-electron chi connectivity index (χ0n) is 8.97. The lowest BCUT2D eigenvalue weighted by Gasteiger charge is -2.10. The van der Waals surface area contributed by atoms with Crippen molar-refractivity contribution in [3.63, 3.8) is 0 Å². The van der Waals surface area contributed by atoms with Crippen molar-refractivity contribution in [3.8, 4) is 0 Å². The molecule has 0 aliphatic heterocycles. The number of halogens is 2. The molecule has 0 heterocycles. The van der Waals surface area contributed by atoms with Gasteiger partial charge in [0.25, 0.3) is 0 Å². The minimum Gasteiger partial charge on any atom is -0.311 e. The number of hydrogen-bond donors (Lipinski definition) is 1. The molecule has 0 fully saturated rings. The molecule has 0 aliphatic rings. The first-order chi connectivity index (χ1) is 7.24. The monoisotopic (exact) mass is 245 g/mol. The number of rotatable bonds is 6. The Hall–Kier alpha value is -0.240. The van der Waals surface area contributed by atoms with E-state index in [2.05, 4.69) is 12.2 Å². The number of nitrogens with one attached hydrogen (secondary N) is 1.